The summed E-state index contributed by atoms with van der Waals surface area (Å²) in [4.78, 5) is 16.1. The van der Waals surface area contributed by atoms with Crippen molar-refractivity contribution in [1.29, 1.82) is 0 Å². The third-order valence-electron chi connectivity index (χ3n) is 6.29. The first-order valence-corrected chi connectivity index (χ1v) is 10.7. The summed E-state index contributed by atoms with van der Waals surface area (Å²) in [5, 5.41) is 0. The number of fused-ring (bicyclic) bond motifs is 1. The molecule has 1 aliphatic heterocycles. The van der Waals surface area contributed by atoms with Crippen LogP contribution in [0.2, 0.25) is 0 Å². The lowest BCUT2D eigenvalue weighted by Gasteiger charge is -2.34. The van der Waals surface area contributed by atoms with E-state index in [-0.39, 0.29) is 5.56 Å². The second kappa shape index (κ2) is 7.66. The number of anilines is 2. The number of nitrogen functional groups attached to an aromatic ring is 1. The molecular formula is C23H24F3N5. The van der Waals surface area contributed by atoms with E-state index in [4.69, 9.17) is 10.7 Å². The molecule has 2 fully saturated rings. The number of alkyl halides is 1. The second-order valence-electron chi connectivity index (χ2n) is 8.62. The van der Waals surface area contributed by atoms with Gasteiger partial charge >= 0.3 is 0 Å². The first kappa shape index (κ1) is 20.0. The van der Waals surface area contributed by atoms with Gasteiger partial charge in [0.25, 0.3) is 0 Å². The van der Waals surface area contributed by atoms with Crippen LogP contribution in [-0.4, -0.2) is 28.0 Å². The summed E-state index contributed by atoms with van der Waals surface area (Å²) >= 11 is 0. The molecule has 0 bridgehead atoms. The van der Waals surface area contributed by atoms with E-state index in [2.05, 4.69) is 9.97 Å². The summed E-state index contributed by atoms with van der Waals surface area (Å²) in [6.45, 7) is 2.98. The van der Waals surface area contributed by atoms with Crippen LogP contribution in [0.25, 0.3) is 11.0 Å². The van der Waals surface area contributed by atoms with Crippen LogP contribution >= 0.6 is 0 Å². The Balaban J connectivity index is 1.38. The van der Waals surface area contributed by atoms with Crippen molar-refractivity contribution in [3.05, 3.63) is 52.9 Å². The molecule has 8 heteroatoms. The van der Waals surface area contributed by atoms with Crippen LogP contribution in [0, 0.1) is 24.5 Å². The minimum Gasteiger partial charge on any atom is -0.381 e. The van der Waals surface area contributed by atoms with Crippen molar-refractivity contribution in [3.63, 3.8) is 0 Å². The molecular weight excluding hydrogens is 403 g/mol. The van der Waals surface area contributed by atoms with Crippen LogP contribution in [0.15, 0.2) is 24.3 Å². The van der Waals surface area contributed by atoms with Crippen molar-refractivity contribution >= 4 is 22.7 Å². The number of benzene rings is 1. The molecule has 1 aromatic carbocycles. The van der Waals surface area contributed by atoms with Crippen molar-refractivity contribution < 1.29 is 13.2 Å². The monoisotopic (exact) mass is 427 g/mol. The average Bonchev–Trinajstić information content (AvgIpc) is 3.59. The second-order valence-corrected chi connectivity index (χ2v) is 8.62. The fourth-order valence-electron chi connectivity index (χ4n) is 4.47. The molecule has 0 amide bonds. The van der Waals surface area contributed by atoms with Crippen LogP contribution in [0.1, 0.15) is 54.7 Å². The molecule has 3 heterocycles. The van der Waals surface area contributed by atoms with E-state index in [1.807, 2.05) is 17.9 Å². The van der Waals surface area contributed by atoms with Gasteiger partial charge in [-0.1, -0.05) is 0 Å². The summed E-state index contributed by atoms with van der Waals surface area (Å²) < 4.78 is 42.4. The summed E-state index contributed by atoms with van der Waals surface area (Å²) in [5.74, 6) is -0.389. The molecule has 2 aromatic heterocycles. The van der Waals surface area contributed by atoms with Gasteiger partial charge in [0.05, 0.1) is 11.2 Å². The predicted octanol–water partition coefficient (Wildman–Crippen LogP) is 5.00. The quantitative estimate of drug-likeness (QED) is 0.635. The fourth-order valence-corrected chi connectivity index (χ4v) is 4.47. The van der Waals surface area contributed by atoms with Crippen LogP contribution in [0.4, 0.5) is 24.8 Å². The number of halogens is 3. The van der Waals surface area contributed by atoms with Gasteiger partial charge in [-0.05, 0) is 62.8 Å². The van der Waals surface area contributed by atoms with E-state index in [0.717, 1.165) is 53.5 Å². The van der Waals surface area contributed by atoms with E-state index in [0.29, 0.717) is 43.5 Å². The van der Waals surface area contributed by atoms with Crippen LogP contribution in [0.5, 0.6) is 0 Å². The number of nitrogens with zero attached hydrogens (tertiary/aromatic N) is 4. The molecule has 0 spiro atoms. The van der Waals surface area contributed by atoms with E-state index < -0.39 is 23.7 Å². The highest BCUT2D eigenvalue weighted by molar-refractivity contribution is 5.82. The zero-order valence-electron chi connectivity index (χ0n) is 17.3. The van der Waals surface area contributed by atoms with Gasteiger partial charge in [0.15, 0.2) is 11.6 Å². The Morgan fingerprint density at radius 2 is 1.77 bits per heavy atom. The molecule has 5 rings (SSSR count). The van der Waals surface area contributed by atoms with Crippen molar-refractivity contribution in [2.75, 3.05) is 23.7 Å². The van der Waals surface area contributed by atoms with E-state index in [1.54, 1.807) is 0 Å². The fraction of sp³-hybridized carbons (Fsp3) is 0.435. The predicted molar refractivity (Wildman–Crippen MR) is 114 cm³/mol. The lowest BCUT2D eigenvalue weighted by Crippen LogP contribution is -2.36. The van der Waals surface area contributed by atoms with Gasteiger partial charge in [0, 0.05) is 30.3 Å². The van der Waals surface area contributed by atoms with Crippen molar-refractivity contribution in [1.82, 2.24) is 15.0 Å². The maximum Gasteiger partial charge on any atom is 0.172 e. The number of hydrogen-bond donors (Lipinski definition) is 1. The summed E-state index contributed by atoms with van der Waals surface area (Å²) in [5.41, 5.74) is 9.42. The number of pyridine rings is 1. The summed E-state index contributed by atoms with van der Waals surface area (Å²) in [7, 11) is 0. The number of rotatable bonds is 4. The molecule has 1 atom stereocenters. The van der Waals surface area contributed by atoms with Gasteiger partial charge in [-0.25, -0.2) is 23.1 Å². The van der Waals surface area contributed by atoms with E-state index >= 15 is 0 Å². The van der Waals surface area contributed by atoms with E-state index in [1.165, 1.54) is 0 Å². The first-order valence-electron chi connectivity index (χ1n) is 10.7. The number of aromatic nitrogens is 3. The molecule has 1 saturated carbocycles. The number of aryl methyl sites for hydroxylation is 1. The summed E-state index contributed by atoms with van der Waals surface area (Å²) in [6.07, 6.45) is 1.63. The highest BCUT2D eigenvalue weighted by Gasteiger charge is 2.32. The Labute approximate surface area is 178 Å². The molecule has 1 aliphatic carbocycles. The minimum atomic E-state index is -1.55. The zero-order chi connectivity index (χ0) is 21.7. The van der Waals surface area contributed by atoms with Crippen molar-refractivity contribution in [2.24, 2.45) is 5.92 Å². The van der Waals surface area contributed by atoms with Crippen LogP contribution < -0.4 is 10.6 Å². The summed E-state index contributed by atoms with van der Waals surface area (Å²) in [6, 6.07) is 4.82. The minimum absolute atomic E-state index is 0.209. The van der Waals surface area contributed by atoms with Crippen molar-refractivity contribution in [3.8, 4) is 0 Å². The third kappa shape index (κ3) is 3.79. The zero-order valence-corrected chi connectivity index (χ0v) is 17.3. The van der Waals surface area contributed by atoms with E-state index in [9.17, 15) is 13.2 Å². The smallest absolute Gasteiger partial charge is 0.172 e. The highest BCUT2D eigenvalue weighted by Crippen LogP contribution is 2.42. The highest BCUT2D eigenvalue weighted by atomic mass is 19.1. The standard InChI is InChI=1S/C23H24F3N5/c1-12-10-18-21(20(28-12)14-2-3-14)30-23(22(27)29-18)31-8-6-13(7-9-31)19(26)16-11-15(24)4-5-17(16)25/h4-5,10-11,13-14,19H,2-3,6-9H2,1H3,(H2,27,29). The Bertz CT molecular complexity index is 1140. The molecule has 2 N–H and O–H groups in total. The molecule has 0 radical (unpaired) electrons. The largest absolute Gasteiger partial charge is 0.381 e. The number of nitrogens with two attached hydrogens (primary N) is 1. The third-order valence-corrected chi connectivity index (χ3v) is 6.29. The normalized spacial score (nSPS) is 18.5. The first-order chi connectivity index (χ1) is 14.9. The number of hydrogen-bond acceptors (Lipinski definition) is 5. The molecule has 2 aliphatic rings. The molecule has 162 valence electrons. The van der Waals surface area contributed by atoms with Gasteiger partial charge < -0.3 is 10.6 Å². The SMILES string of the molecule is Cc1cc2nc(N)c(N3CCC(C(F)c4cc(F)ccc4F)CC3)nc2c(C2CC2)n1. The average molecular weight is 427 g/mol. The van der Waals surface area contributed by atoms with Gasteiger partial charge in [-0.2, -0.15) is 0 Å². The Hall–Kier alpha value is -2.90. The van der Waals surface area contributed by atoms with Crippen molar-refractivity contribution in [2.45, 2.75) is 44.7 Å². The lowest BCUT2D eigenvalue weighted by molar-refractivity contribution is 0.193. The molecule has 1 saturated heterocycles. The number of piperidine rings is 1. The molecule has 3 aromatic rings. The lowest BCUT2D eigenvalue weighted by atomic mass is 9.88. The maximum atomic E-state index is 15.0. The van der Waals surface area contributed by atoms with Gasteiger partial charge in [-0.15, -0.1) is 0 Å². The van der Waals surface area contributed by atoms with Gasteiger partial charge in [0.2, 0.25) is 0 Å². The molecule has 5 nitrogen and oxygen atoms in total. The maximum absolute atomic E-state index is 15.0. The Morgan fingerprint density at radius 3 is 2.48 bits per heavy atom. The molecule has 31 heavy (non-hydrogen) atoms. The topological polar surface area (TPSA) is 67.9 Å². The van der Waals surface area contributed by atoms with Gasteiger partial charge in [0.1, 0.15) is 23.3 Å². The van der Waals surface area contributed by atoms with Gasteiger partial charge in [-0.3, -0.25) is 4.98 Å². The Morgan fingerprint density at radius 1 is 1.03 bits per heavy atom. The van der Waals surface area contributed by atoms with Crippen LogP contribution in [-0.2, 0) is 0 Å². The molecule has 1 unspecified atom stereocenters. The van der Waals surface area contributed by atoms with Crippen LogP contribution in [0.3, 0.4) is 0 Å². The Kier molecular flexibility index (Phi) is 4.95.